The van der Waals surface area contributed by atoms with Crippen LogP contribution in [0.25, 0.3) is 0 Å². The topological polar surface area (TPSA) is 83.8 Å². The number of nitrogens with two attached hydrogens (primary N) is 1. The molecule has 0 spiro atoms. The average molecular weight is 168 g/mol. The predicted octanol–water partition coefficient (Wildman–Crippen LogP) is 0.0855. The van der Waals surface area contributed by atoms with Gasteiger partial charge in [0.05, 0.1) is 12.2 Å². The van der Waals surface area contributed by atoms with Crippen LogP contribution in [0.2, 0.25) is 0 Å². The van der Waals surface area contributed by atoms with Crippen LogP contribution in [0.3, 0.4) is 0 Å². The van der Waals surface area contributed by atoms with Crippen molar-refractivity contribution in [1.82, 2.24) is 10.2 Å². The van der Waals surface area contributed by atoms with Crippen molar-refractivity contribution in [3.8, 4) is 0 Å². The number of rotatable bonds is 3. The van der Waals surface area contributed by atoms with Gasteiger partial charge in [0.25, 0.3) is 0 Å². The summed E-state index contributed by atoms with van der Waals surface area (Å²) >= 11 is 0. The van der Waals surface area contributed by atoms with Gasteiger partial charge in [0, 0.05) is 6.07 Å². The van der Waals surface area contributed by atoms with Crippen molar-refractivity contribution in [1.29, 1.82) is 0 Å². The first kappa shape index (κ1) is 8.73. The average Bonchev–Trinajstić information content (AvgIpc) is 2.55. The number of nitrogens with one attached hydrogen (secondary N) is 2. The minimum atomic E-state index is -0.451. The molecule has 0 aromatic carbocycles. The molecule has 0 radical (unpaired) electrons. The molecule has 0 saturated heterocycles. The Morgan fingerprint density at radius 2 is 2.67 bits per heavy atom. The van der Waals surface area contributed by atoms with Crippen LogP contribution in [-0.2, 0) is 4.79 Å². The Morgan fingerprint density at radius 3 is 3.17 bits per heavy atom. The molecule has 66 valence electrons. The van der Waals surface area contributed by atoms with E-state index in [4.69, 9.17) is 5.73 Å². The van der Waals surface area contributed by atoms with E-state index in [1.165, 1.54) is 0 Å². The molecule has 0 aliphatic carbocycles. The minimum absolute atomic E-state index is 0.193. The maximum Gasteiger partial charge on any atom is 0.242 e. The number of nitrogens with zero attached hydrogens (tertiary/aromatic N) is 1. The van der Waals surface area contributed by atoms with E-state index >= 15 is 0 Å². The van der Waals surface area contributed by atoms with Crippen LogP contribution < -0.4 is 11.1 Å². The molecule has 5 nitrogen and oxygen atoms in total. The van der Waals surface area contributed by atoms with Crippen molar-refractivity contribution in [3.05, 3.63) is 12.3 Å². The Morgan fingerprint density at radius 1 is 1.92 bits per heavy atom. The fourth-order valence-corrected chi connectivity index (χ4v) is 0.736. The van der Waals surface area contributed by atoms with Gasteiger partial charge in [-0.15, -0.1) is 0 Å². The Labute approximate surface area is 70.3 Å². The zero-order valence-corrected chi connectivity index (χ0v) is 6.87. The molecule has 1 heterocycles. The quantitative estimate of drug-likeness (QED) is 0.597. The first-order valence-corrected chi connectivity index (χ1v) is 3.80. The van der Waals surface area contributed by atoms with Gasteiger partial charge in [-0.1, -0.05) is 6.92 Å². The van der Waals surface area contributed by atoms with E-state index in [9.17, 15) is 4.79 Å². The SMILES string of the molecule is CC[C@H](N)C(=O)Nc1ccn[nH]1. The number of aromatic nitrogens is 2. The number of anilines is 1. The van der Waals surface area contributed by atoms with Gasteiger partial charge in [-0.3, -0.25) is 9.89 Å². The Balaban J connectivity index is 2.47. The molecule has 0 bridgehead atoms. The van der Waals surface area contributed by atoms with Gasteiger partial charge in [0.2, 0.25) is 5.91 Å². The third-order valence-electron chi connectivity index (χ3n) is 1.54. The van der Waals surface area contributed by atoms with Crippen molar-refractivity contribution in [2.24, 2.45) is 5.73 Å². The molecular formula is C7H12N4O. The molecule has 1 aromatic rings. The van der Waals surface area contributed by atoms with Gasteiger partial charge in [-0.2, -0.15) is 5.10 Å². The molecule has 0 aliphatic rings. The van der Waals surface area contributed by atoms with Crippen molar-refractivity contribution in [2.45, 2.75) is 19.4 Å². The largest absolute Gasteiger partial charge is 0.320 e. The van der Waals surface area contributed by atoms with Gasteiger partial charge in [-0.25, -0.2) is 0 Å². The second-order valence-electron chi connectivity index (χ2n) is 2.47. The van der Waals surface area contributed by atoms with Crippen LogP contribution in [0.5, 0.6) is 0 Å². The van der Waals surface area contributed by atoms with E-state index in [2.05, 4.69) is 15.5 Å². The summed E-state index contributed by atoms with van der Waals surface area (Å²) in [5, 5.41) is 8.88. The molecule has 1 atom stereocenters. The number of carbonyl (C=O) groups is 1. The first-order chi connectivity index (χ1) is 5.74. The number of carbonyl (C=O) groups excluding carboxylic acids is 1. The van der Waals surface area contributed by atoms with E-state index in [1.807, 2.05) is 6.92 Å². The smallest absolute Gasteiger partial charge is 0.242 e. The van der Waals surface area contributed by atoms with E-state index in [-0.39, 0.29) is 5.91 Å². The summed E-state index contributed by atoms with van der Waals surface area (Å²) in [6.45, 7) is 1.86. The number of hydrogen-bond donors (Lipinski definition) is 3. The van der Waals surface area contributed by atoms with Crippen molar-refractivity contribution in [3.63, 3.8) is 0 Å². The Kier molecular flexibility index (Phi) is 2.82. The summed E-state index contributed by atoms with van der Waals surface area (Å²) in [4.78, 5) is 11.2. The van der Waals surface area contributed by atoms with Gasteiger partial charge in [0.1, 0.15) is 5.82 Å². The standard InChI is InChI=1S/C7H12N4O/c1-2-5(8)7(12)10-6-3-4-9-11-6/h3-5H,2,8H2,1H3,(H2,9,10,11,12)/t5-/m0/s1. The molecule has 5 heteroatoms. The molecule has 0 fully saturated rings. The number of aromatic amines is 1. The number of amides is 1. The molecule has 4 N–H and O–H groups in total. The lowest BCUT2D eigenvalue weighted by Crippen LogP contribution is -2.34. The van der Waals surface area contributed by atoms with Crippen LogP contribution in [0.4, 0.5) is 5.82 Å². The summed E-state index contributed by atoms with van der Waals surface area (Å²) in [7, 11) is 0. The first-order valence-electron chi connectivity index (χ1n) is 3.80. The highest BCUT2D eigenvalue weighted by Crippen LogP contribution is 1.99. The van der Waals surface area contributed by atoms with Crippen molar-refractivity contribution < 1.29 is 4.79 Å². The zero-order chi connectivity index (χ0) is 8.97. The van der Waals surface area contributed by atoms with Crippen LogP contribution in [-0.4, -0.2) is 22.1 Å². The van der Waals surface area contributed by atoms with Crippen molar-refractivity contribution >= 4 is 11.7 Å². The monoisotopic (exact) mass is 168 g/mol. The second kappa shape index (κ2) is 3.87. The second-order valence-corrected chi connectivity index (χ2v) is 2.47. The van der Waals surface area contributed by atoms with Gasteiger partial charge < -0.3 is 11.1 Å². The van der Waals surface area contributed by atoms with Crippen molar-refractivity contribution in [2.75, 3.05) is 5.32 Å². The zero-order valence-electron chi connectivity index (χ0n) is 6.87. The highest BCUT2D eigenvalue weighted by Gasteiger charge is 2.10. The normalized spacial score (nSPS) is 12.5. The molecule has 0 aliphatic heterocycles. The van der Waals surface area contributed by atoms with Gasteiger partial charge >= 0.3 is 0 Å². The van der Waals surface area contributed by atoms with E-state index < -0.39 is 6.04 Å². The third kappa shape index (κ3) is 2.06. The summed E-state index contributed by atoms with van der Waals surface area (Å²) < 4.78 is 0. The molecule has 12 heavy (non-hydrogen) atoms. The molecule has 1 amide bonds. The lowest BCUT2D eigenvalue weighted by molar-refractivity contribution is -0.117. The van der Waals surface area contributed by atoms with Crippen LogP contribution in [0, 0.1) is 0 Å². The van der Waals surface area contributed by atoms with E-state index in [1.54, 1.807) is 12.3 Å². The van der Waals surface area contributed by atoms with Crippen LogP contribution in [0.1, 0.15) is 13.3 Å². The summed E-state index contributed by atoms with van der Waals surface area (Å²) in [6, 6.07) is 1.22. The lowest BCUT2D eigenvalue weighted by Gasteiger charge is -2.07. The fraction of sp³-hybridized carbons (Fsp3) is 0.429. The number of hydrogen-bond acceptors (Lipinski definition) is 3. The maximum absolute atomic E-state index is 11.2. The molecular weight excluding hydrogens is 156 g/mol. The molecule has 0 saturated carbocycles. The third-order valence-corrected chi connectivity index (χ3v) is 1.54. The maximum atomic E-state index is 11.2. The minimum Gasteiger partial charge on any atom is -0.320 e. The molecule has 1 aromatic heterocycles. The Bertz CT molecular complexity index is 244. The fourth-order valence-electron chi connectivity index (χ4n) is 0.736. The van der Waals surface area contributed by atoms with Gasteiger partial charge in [0.15, 0.2) is 0 Å². The highest BCUT2D eigenvalue weighted by atomic mass is 16.2. The lowest BCUT2D eigenvalue weighted by atomic mass is 10.2. The molecule has 0 unspecified atom stereocenters. The summed E-state index contributed by atoms with van der Waals surface area (Å²) in [6.07, 6.45) is 2.19. The van der Waals surface area contributed by atoms with Gasteiger partial charge in [-0.05, 0) is 6.42 Å². The van der Waals surface area contributed by atoms with Crippen LogP contribution in [0.15, 0.2) is 12.3 Å². The van der Waals surface area contributed by atoms with Crippen LogP contribution >= 0.6 is 0 Å². The number of H-pyrrole nitrogens is 1. The highest BCUT2D eigenvalue weighted by molar-refractivity contribution is 5.93. The molecule has 1 rings (SSSR count). The predicted molar refractivity (Wildman–Crippen MR) is 45.5 cm³/mol. The Hall–Kier alpha value is -1.36. The van der Waals surface area contributed by atoms with E-state index in [0.29, 0.717) is 12.2 Å². The van der Waals surface area contributed by atoms with E-state index in [0.717, 1.165) is 0 Å². The summed E-state index contributed by atoms with van der Waals surface area (Å²) in [5.74, 6) is 0.380. The summed E-state index contributed by atoms with van der Waals surface area (Å²) in [5.41, 5.74) is 5.49.